The normalized spacial score (nSPS) is 22.6. The van der Waals surface area contributed by atoms with Gasteiger partial charge in [-0.3, -0.25) is 5.10 Å². The Balaban J connectivity index is 1.52. The predicted octanol–water partition coefficient (Wildman–Crippen LogP) is 3.27. The summed E-state index contributed by atoms with van der Waals surface area (Å²) in [5, 5.41) is 28.5. The van der Waals surface area contributed by atoms with Crippen LogP contribution >= 0.6 is 0 Å². The van der Waals surface area contributed by atoms with Gasteiger partial charge in [-0.2, -0.15) is 5.10 Å². The molecule has 0 aromatic carbocycles. The topological polar surface area (TPSA) is 109 Å². The van der Waals surface area contributed by atoms with Crippen molar-refractivity contribution in [2.75, 3.05) is 0 Å². The Labute approximate surface area is 173 Å². The summed E-state index contributed by atoms with van der Waals surface area (Å²) in [5.41, 5.74) is 1.24. The van der Waals surface area contributed by atoms with Crippen molar-refractivity contribution in [1.29, 1.82) is 0 Å². The quantitative estimate of drug-likeness (QED) is 0.603. The van der Waals surface area contributed by atoms with Crippen molar-refractivity contribution in [3.8, 4) is 34.1 Å². The van der Waals surface area contributed by atoms with E-state index in [-0.39, 0.29) is 17.2 Å². The van der Waals surface area contributed by atoms with Gasteiger partial charge in [0.15, 0.2) is 6.17 Å². The Morgan fingerprint density at radius 3 is 2.57 bits per heavy atom. The number of halogens is 1. The van der Waals surface area contributed by atoms with Crippen molar-refractivity contribution in [3.05, 3.63) is 36.8 Å². The molecule has 4 heterocycles. The molecule has 3 N–H and O–H groups in total. The molecule has 158 valence electrons. The summed E-state index contributed by atoms with van der Waals surface area (Å²) in [6.45, 7) is 7.69. The zero-order valence-corrected chi connectivity index (χ0v) is 17.3. The fraction of sp³-hybridized carbons (Fsp3) is 0.429. The molecule has 0 amide bonds. The standard InChI is InChI=1S/C21H25FN6O2/c1-20(2)8-16(19(22)21(3,4)28-20)30-17-6-5-14(26-27-17)18-15(29)7-12(9-23-18)13-10-24-25-11-13/h5-7,9-11,16,19,28-29H,8H2,1-4H3,(H,24,25)/t16-,19-/m1/s1. The lowest BCUT2D eigenvalue weighted by Crippen LogP contribution is -2.66. The molecule has 30 heavy (non-hydrogen) atoms. The van der Waals surface area contributed by atoms with Gasteiger partial charge in [-0.15, -0.1) is 10.2 Å². The van der Waals surface area contributed by atoms with E-state index in [1.807, 2.05) is 27.7 Å². The van der Waals surface area contributed by atoms with Crippen LogP contribution in [0.25, 0.3) is 22.5 Å². The van der Waals surface area contributed by atoms with E-state index in [1.54, 1.807) is 36.8 Å². The number of aromatic nitrogens is 5. The van der Waals surface area contributed by atoms with Crippen molar-refractivity contribution in [1.82, 2.24) is 30.7 Å². The molecular formula is C21H25FN6O2. The highest BCUT2D eigenvalue weighted by atomic mass is 19.1. The van der Waals surface area contributed by atoms with E-state index in [0.717, 1.165) is 11.1 Å². The first-order valence-corrected chi connectivity index (χ1v) is 9.77. The molecule has 3 aromatic heterocycles. The lowest BCUT2D eigenvalue weighted by molar-refractivity contribution is -0.0281. The maximum Gasteiger partial charge on any atom is 0.233 e. The highest BCUT2D eigenvalue weighted by Crippen LogP contribution is 2.34. The van der Waals surface area contributed by atoms with E-state index in [1.165, 1.54) is 0 Å². The minimum Gasteiger partial charge on any atom is -0.506 e. The van der Waals surface area contributed by atoms with Crippen molar-refractivity contribution >= 4 is 0 Å². The van der Waals surface area contributed by atoms with Crippen LogP contribution in [0.4, 0.5) is 4.39 Å². The van der Waals surface area contributed by atoms with Crippen molar-refractivity contribution in [3.63, 3.8) is 0 Å². The van der Waals surface area contributed by atoms with Crippen LogP contribution in [-0.2, 0) is 0 Å². The van der Waals surface area contributed by atoms with Crippen LogP contribution in [0.15, 0.2) is 36.8 Å². The number of hydrogen-bond donors (Lipinski definition) is 3. The molecule has 1 saturated heterocycles. The third kappa shape index (κ3) is 3.97. The fourth-order valence-corrected chi connectivity index (χ4v) is 4.05. The Morgan fingerprint density at radius 1 is 1.13 bits per heavy atom. The fourth-order valence-electron chi connectivity index (χ4n) is 4.05. The minimum atomic E-state index is -1.20. The monoisotopic (exact) mass is 412 g/mol. The minimum absolute atomic E-state index is 0.0256. The number of nitrogens with zero attached hydrogens (tertiary/aromatic N) is 4. The first kappa shape index (κ1) is 20.2. The van der Waals surface area contributed by atoms with Crippen molar-refractivity contribution < 1.29 is 14.2 Å². The van der Waals surface area contributed by atoms with Gasteiger partial charge in [-0.05, 0) is 39.8 Å². The number of ether oxygens (including phenoxy) is 1. The Hall–Kier alpha value is -3.07. The third-order valence-corrected chi connectivity index (χ3v) is 5.24. The van der Waals surface area contributed by atoms with E-state index in [2.05, 4.69) is 30.7 Å². The number of hydrogen-bond acceptors (Lipinski definition) is 7. The molecule has 1 fully saturated rings. The molecule has 0 radical (unpaired) electrons. The van der Waals surface area contributed by atoms with Crippen LogP contribution in [0, 0.1) is 0 Å². The van der Waals surface area contributed by atoms with Crippen molar-refractivity contribution in [2.45, 2.75) is 57.5 Å². The van der Waals surface area contributed by atoms with Gasteiger partial charge in [0.1, 0.15) is 23.2 Å². The second-order valence-corrected chi connectivity index (χ2v) is 8.83. The van der Waals surface area contributed by atoms with E-state index in [4.69, 9.17) is 4.74 Å². The molecule has 0 spiro atoms. The second-order valence-electron chi connectivity index (χ2n) is 8.83. The molecule has 1 aliphatic rings. The van der Waals surface area contributed by atoms with E-state index >= 15 is 0 Å². The average Bonchev–Trinajstić information content (AvgIpc) is 3.20. The van der Waals surface area contributed by atoms with E-state index in [0.29, 0.717) is 17.8 Å². The number of pyridine rings is 1. The van der Waals surface area contributed by atoms with Crippen LogP contribution in [-0.4, -0.2) is 53.8 Å². The highest BCUT2D eigenvalue weighted by Gasteiger charge is 2.47. The van der Waals surface area contributed by atoms with Gasteiger partial charge in [0.25, 0.3) is 0 Å². The first-order valence-electron chi connectivity index (χ1n) is 9.77. The van der Waals surface area contributed by atoms with Crippen molar-refractivity contribution in [2.24, 2.45) is 0 Å². The Kier molecular flexibility index (Phi) is 4.93. The smallest absolute Gasteiger partial charge is 0.233 e. The van der Waals surface area contributed by atoms with Crippen LogP contribution in [0.5, 0.6) is 11.6 Å². The van der Waals surface area contributed by atoms with Gasteiger partial charge in [0.2, 0.25) is 5.88 Å². The van der Waals surface area contributed by atoms with E-state index in [9.17, 15) is 9.50 Å². The van der Waals surface area contributed by atoms with E-state index < -0.39 is 17.8 Å². The SMILES string of the molecule is CC1(C)C[C@@H](Oc2ccc(-c3ncc(-c4cn[nH]c4)cc3O)nn2)[C@@H](F)C(C)(C)N1. The Bertz CT molecular complexity index is 1020. The molecule has 0 saturated carbocycles. The van der Waals surface area contributed by atoms with Gasteiger partial charge in [0.05, 0.1) is 6.20 Å². The zero-order chi connectivity index (χ0) is 21.5. The number of nitrogens with one attached hydrogen (secondary N) is 2. The first-order chi connectivity index (χ1) is 14.1. The maximum atomic E-state index is 14.9. The maximum absolute atomic E-state index is 14.9. The largest absolute Gasteiger partial charge is 0.506 e. The molecule has 0 unspecified atom stereocenters. The van der Waals surface area contributed by atoms with Gasteiger partial charge in [-0.25, -0.2) is 9.37 Å². The molecule has 0 aliphatic carbocycles. The number of piperidine rings is 1. The van der Waals surface area contributed by atoms with Gasteiger partial charge in [0, 0.05) is 47.1 Å². The number of alkyl halides is 1. The van der Waals surface area contributed by atoms with Crippen LogP contribution in [0.1, 0.15) is 34.1 Å². The Morgan fingerprint density at radius 2 is 1.93 bits per heavy atom. The second kappa shape index (κ2) is 7.32. The molecule has 4 rings (SSSR count). The molecule has 9 heteroatoms. The molecule has 1 aliphatic heterocycles. The molecule has 3 aromatic rings. The van der Waals surface area contributed by atoms with Gasteiger partial charge >= 0.3 is 0 Å². The summed E-state index contributed by atoms with van der Waals surface area (Å²) in [6.07, 6.45) is 3.63. The molecule has 8 nitrogen and oxygen atoms in total. The number of H-pyrrole nitrogens is 1. The van der Waals surface area contributed by atoms with Crippen LogP contribution in [0.3, 0.4) is 0 Å². The average molecular weight is 412 g/mol. The predicted molar refractivity (Wildman–Crippen MR) is 110 cm³/mol. The summed E-state index contributed by atoms with van der Waals surface area (Å²) in [6, 6.07) is 4.85. The summed E-state index contributed by atoms with van der Waals surface area (Å²) in [7, 11) is 0. The highest BCUT2D eigenvalue weighted by molar-refractivity contribution is 5.69. The molecule has 2 atom stereocenters. The number of rotatable bonds is 4. The van der Waals surface area contributed by atoms with Gasteiger partial charge in [-0.1, -0.05) is 0 Å². The number of aromatic hydroxyl groups is 1. The third-order valence-electron chi connectivity index (χ3n) is 5.24. The van der Waals surface area contributed by atoms with Crippen LogP contribution in [0.2, 0.25) is 0 Å². The summed E-state index contributed by atoms with van der Waals surface area (Å²) >= 11 is 0. The number of aromatic amines is 1. The summed E-state index contributed by atoms with van der Waals surface area (Å²) in [5.74, 6) is 0.205. The molecule has 0 bridgehead atoms. The zero-order valence-electron chi connectivity index (χ0n) is 17.3. The van der Waals surface area contributed by atoms with Gasteiger partial charge < -0.3 is 15.2 Å². The molecular weight excluding hydrogens is 387 g/mol. The lowest BCUT2D eigenvalue weighted by atomic mass is 9.79. The summed E-state index contributed by atoms with van der Waals surface area (Å²) in [4.78, 5) is 4.30. The summed E-state index contributed by atoms with van der Waals surface area (Å²) < 4.78 is 20.8. The lowest BCUT2D eigenvalue weighted by Gasteiger charge is -2.48. The van der Waals surface area contributed by atoms with Crippen LogP contribution < -0.4 is 10.1 Å².